The number of thioether (sulfide) groups is 1. The molecular weight excluding hydrogens is 330 g/mol. The van der Waals surface area contributed by atoms with Crippen LogP contribution in [0.5, 0.6) is 0 Å². The zero-order valence-corrected chi connectivity index (χ0v) is 14.8. The molecule has 5 heteroatoms. The fourth-order valence-corrected chi connectivity index (χ4v) is 4.59. The number of imidazole rings is 1. The van der Waals surface area contributed by atoms with Crippen molar-refractivity contribution in [3.8, 4) is 0 Å². The van der Waals surface area contributed by atoms with Gasteiger partial charge >= 0.3 is 0 Å². The zero-order valence-electron chi connectivity index (χ0n) is 14.0. The summed E-state index contributed by atoms with van der Waals surface area (Å²) < 4.78 is 5.77. The number of hydrogen-bond donors (Lipinski definition) is 1. The van der Waals surface area contributed by atoms with Crippen LogP contribution in [0, 0.1) is 0 Å². The van der Waals surface area contributed by atoms with Crippen molar-refractivity contribution in [3.05, 3.63) is 54.4 Å². The van der Waals surface area contributed by atoms with Crippen molar-refractivity contribution < 1.29 is 4.74 Å². The molecule has 2 aliphatic rings. The molecule has 2 fully saturated rings. The van der Waals surface area contributed by atoms with Gasteiger partial charge in [-0.1, -0.05) is 23.9 Å². The van der Waals surface area contributed by atoms with Crippen molar-refractivity contribution in [2.24, 2.45) is 0 Å². The van der Waals surface area contributed by atoms with Gasteiger partial charge in [-0.25, -0.2) is 4.98 Å². The average molecular weight is 351 g/mol. The summed E-state index contributed by atoms with van der Waals surface area (Å²) in [6.07, 6.45) is 4.46. The van der Waals surface area contributed by atoms with E-state index in [9.17, 15) is 0 Å². The molecule has 2 heterocycles. The molecule has 0 spiro atoms. The van der Waals surface area contributed by atoms with Gasteiger partial charge in [0.25, 0.3) is 0 Å². The quantitative estimate of drug-likeness (QED) is 0.757. The minimum Gasteiger partial charge on any atom is -0.377 e. The first-order valence-electron chi connectivity index (χ1n) is 8.91. The van der Waals surface area contributed by atoms with E-state index in [0.29, 0.717) is 5.37 Å². The van der Waals surface area contributed by atoms with Crippen molar-refractivity contribution in [2.45, 2.75) is 29.0 Å². The first kappa shape index (κ1) is 15.3. The molecule has 128 valence electrons. The molecule has 1 aliphatic heterocycles. The summed E-state index contributed by atoms with van der Waals surface area (Å²) >= 11 is 1.89. The molecule has 1 unspecified atom stereocenters. The van der Waals surface area contributed by atoms with Gasteiger partial charge in [0.05, 0.1) is 30.6 Å². The number of ether oxygens (including phenoxy) is 1. The molecule has 25 heavy (non-hydrogen) atoms. The summed E-state index contributed by atoms with van der Waals surface area (Å²) in [5.41, 5.74) is 4.82. The van der Waals surface area contributed by atoms with E-state index in [1.54, 1.807) is 6.33 Å². The van der Waals surface area contributed by atoms with E-state index >= 15 is 0 Å². The number of aromatic amines is 1. The second-order valence-corrected chi connectivity index (χ2v) is 8.04. The maximum Gasteiger partial charge on any atom is 0.103 e. The summed E-state index contributed by atoms with van der Waals surface area (Å²) in [6, 6.07) is 15.6. The normalized spacial score (nSPS) is 21.0. The van der Waals surface area contributed by atoms with E-state index in [2.05, 4.69) is 57.3 Å². The van der Waals surface area contributed by atoms with Gasteiger partial charge in [0.1, 0.15) is 5.37 Å². The van der Waals surface area contributed by atoms with Gasteiger partial charge in [-0.15, -0.1) is 0 Å². The zero-order chi connectivity index (χ0) is 16.6. The highest BCUT2D eigenvalue weighted by molar-refractivity contribution is 8.00. The molecule has 1 aromatic heterocycles. The monoisotopic (exact) mass is 351 g/mol. The van der Waals surface area contributed by atoms with Crippen LogP contribution in [-0.2, 0) is 4.74 Å². The number of fused-ring (bicyclic) bond motifs is 1. The molecule has 2 aromatic carbocycles. The van der Waals surface area contributed by atoms with Crippen LogP contribution in [0.1, 0.15) is 24.3 Å². The Morgan fingerprint density at radius 1 is 1.12 bits per heavy atom. The first-order valence-corrected chi connectivity index (χ1v) is 9.79. The summed E-state index contributed by atoms with van der Waals surface area (Å²) in [4.78, 5) is 11.3. The highest BCUT2D eigenvalue weighted by atomic mass is 32.2. The lowest BCUT2D eigenvalue weighted by atomic mass is 10.1. The number of H-pyrrole nitrogens is 1. The highest BCUT2D eigenvalue weighted by Crippen LogP contribution is 2.41. The molecule has 0 radical (unpaired) electrons. The summed E-state index contributed by atoms with van der Waals surface area (Å²) in [5.74, 6) is 0.815. The Morgan fingerprint density at radius 3 is 2.84 bits per heavy atom. The maximum atomic E-state index is 5.77. The number of anilines is 1. The molecule has 1 aliphatic carbocycles. The lowest BCUT2D eigenvalue weighted by Crippen LogP contribution is -2.43. The number of aromatic nitrogens is 2. The molecule has 1 saturated heterocycles. The number of hydrogen-bond acceptors (Lipinski definition) is 4. The predicted octanol–water partition coefficient (Wildman–Crippen LogP) is 4.40. The second kappa shape index (κ2) is 6.39. The standard InChI is InChI=1S/C20H21N3OS/c1-2-14(1)15-3-6-17(7-4-15)25-20-12-24-10-9-23(20)16-5-8-18-19(11-16)22-13-21-18/h3-8,11,13-14,20H,1-2,9-10,12H2,(H,21,22). The SMILES string of the molecule is c1nc2ccc(N3CCOCC3Sc3ccc(C4CC4)cc3)cc2[nH]1. The van der Waals surface area contributed by atoms with Crippen molar-refractivity contribution in [2.75, 3.05) is 24.7 Å². The van der Waals surface area contributed by atoms with Gasteiger partial charge in [0.2, 0.25) is 0 Å². The van der Waals surface area contributed by atoms with Crippen molar-refractivity contribution in [1.29, 1.82) is 0 Å². The Morgan fingerprint density at radius 2 is 2.00 bits per heavy atom. The Hall–Kier alpha value is -1.98. The number of benzene rings is 2. The van der Waals surface area contributed by atoms with E-state index < -0.39 is 0 Å². The maximum absolute atomic E-state index is 5.77. The second-order valence-electron chi connectivity index (χ2n) is 6.79. The smallest absolute Gasteiger partial charge is 0.103 e. The van der Waals surface area contributed by atoms with Gasteiger partial charge in [-0.05, 0) is 54.7 Å². The van der Waals surface area contributed by atoms with Crippen LogP contribution < -0.4 is 4.90 Å². The first-order chi connectivity index (χ1) is 12.4. The summed E-state index contributed by atoms with van der Waals surface area (Å²) in [5, 5.41) is 0.292. The largest absolute Gasteiger partial charge is 0.377 e. The lowest BCUT2D eigenvalue weighted by Gasteiger charge is -2.37. The molecule has 0 amide bonds. The van der Waals surface area contributed by atoms with Crippen molar-refractivity contribution in [3.63, 3.8) is 0 Å². The molecule has 1 saturated carbocycles. The Bertz CT molecular complexity index is 872. The topological polar surface area (TPSA) is 41.2 Å². The van der Waals surface area contributed by atoms with Crippen LogP contribution in [0.3, 0.4) is 0 Å². The Kier molecular flexibility index (Phi) is 3.91. The molecule has 1 N–H and O–H groups in total. The van der Waals surface area contributed by atoms with E-state index in [1.165, 1.54) is 29.0 Å². The fourth-order valence-electron chi connectivity index (χ4n) is 3.47. The van der Waals surface area contributed by atoms with E-state index in [4.69, 9.17) is 4.74 Å². The summed E-state index contributed by atoms with van der Waals surface area (Å²) in [7, 11) is 0. The number of nitrogens with one attached hydrogen (secondary N) is 1. The minimum atomic E-state index is 0.292. The van der Waals surface area contributed by atoms with Gasteiger partial charge in [0, 0.05) is 17.1 Å². The molecule has 0 bridgehead atoms. The predicted molar refractivity (Wildman–Crippen MR) is 102 cm³/mol. The van der Waals surface area contributed by atoms with Crippen LogP contribution in [-0.4, -0.2) is 35.1 Å². The molecule has 4 nitrogen and oxygen atoms in total. The molecule has 3 aromatic rings. The third-order valence-corrected chi connectivity index (χ3v) is 6.23. The van der Waals surface area contributed by atoms with E-state index in [-0.39, 0.29) is 0 Å². The van der Waals surface area contributed by atoms with E-state index in [0.717, 1.165) is 36.7 Å². The van der Waals surface area contributed by atoms with Crippen molar-refractivity contribution in [1.82, 2.24) is 9.97 Å². The Labute approximate surface area is 151 Å². The average Bonchev–Trinajstić information content (AvgIpc) is 3.40. The minimum absolute atomic E-state index is 0.292. The number of nitrogens with zero attached hydrogens (tertiary/aromatic N) is 2. The highest BCUT2D eigenvalue weighted by Gasteiger charge is 2.26. The van der Waals surface area contributed by atoms with Crippen molar-refractivity contribution >= 4 is 28.5 Å². The van der Waals surface area contributed by atoms with Crippen LogP contribution in [0.2, 0.25) is 0 Å². The number of morpholine rings is 1. The van der Waals surface area contributed by atoms with Crippen LogP contribution >= 0.6 is 11.8 Å². The van der Waals surface area contributed by atoms with Gasteiger partial charge in [0.15, 0.2) is 0 Å². The van der Waals surface area contributed by atoms with Crippen LogP contribution in [0.25, 0.3) is 11.0 Å². The van der Waals surface area contributed by atoms with E-state index in [1.807, 2.05) is 11.8 Å². The molecule has 1 atom stereocenters. The van der Waals surface area contributed by atoms with Crippen LogP contribution in [0.15, 0.2) is 53.7 Å². The van der Waals surface area contributed by atoms with Crippen LogP contribution in [0.4, 0.5) is 5.69 Å². The fraction of sp³-hybridized carbons (Fsp3) is 0.350. The van der Waals surface area contributed by atoms with Gasteiger partial charge < -0.3 is 14.6 Å². The molecule has 5 rings (SSSR count). The third-order valence-electron chi connectivity index (χ3n) is 5.02. The lowest BCUT2D eigenvalue weighted by molar-refractivity contribution is 0.115. The van der Waals surface area contributed by atoms with Gasteiger partial charge in [-0.2, -0.15) is 0 Å². The Balaban J connectivity index is 1.37. The van der Waals surface area contributed by atoms with Gasteiger partial charge in [-0.3, -0.25) is 0 Å². The third kappa shape index (κ3) is 3.14. The number of rotatable bonds is 4. The summed E-state index contributed by atoms with van der Waals surface area (Å²) in [6.45, 7) is 2.44. The molecular formula is C20H21N3OS.